The number of allylic oxidation sites excluding steroid dienone is 2. The molecule has 4 heterocycles. The molecule has 0 bridgehead atoms. The Labute approximate surface area is 179 Å². The summed E-state index contributed by atoms with van der Waals surface area (Å²) in [5.41, 5.74) is 7.78. The fraction of sp³-hybridized carbons (Fsp3) is 0.364. The van der Waals surface area contributed by atoms with Crippen molar-refractivity contribution in [1.29, 1.82) is 0 Å². The van der Waals surface area contributed by atoms with Crippen molar-refractivity contribution in [2.75, 3.05) is 0 Å². The van der Waals surface area contributed by atoms with Crippen molar-refractivity contribution in [3.8, 4) is 0 Å². The number of hydrogen-bond acceptors (Lipinski definition) is 1. The highest BCUT2D eigenvalue weighted by Gasteiger charge is 2.57. The van der Waals surface area contributed by atoms with Crippen LogP contribution < -0.4 is 0 Å². The van der Waals surface area contributed by atoms with Crippen molar-refractivity contribution in [2.45, 2.75) is 54.4 Å². The Morgan fingerprint density at radius 3 is 2.41 bits per heavy atom. The first-order chi connectivity index (χ1) is 13.7. The molecule has 2 aliphatic rings. The zero-order valence-electron chi connectivity index (χ0n) is 17.7. The van der Waals surface area contributed by atoms with Crippen LogP contribution in [-0.4, -0.2) is 26.6 Å². The molecule has 0 saturated carbocycles. The topological polar surface area (TPSA) is 20.8 Å². The average molecular weight is 460 g/mol. The Morgan fingerprint density at radius 1 is 1.14 bits per heavy atom. The second kappa shape index (κ2) is 6.76. The molecule has 2 aromatic rings. The van der Waals surface area contributed by atoms with Crippen molar-refractivity contribution in [2.24, 2.45) is 0 Å². The van der Waals surface area contributed by atoms with Gasteiger partial charge in [0.25, 0.3) is 0 Å². The summed E-state index contributed by atoms with van der Waals surface area (Å²) in [5, 5.41) is 0. The standard InChI is InChI=1S/C22H25BBrF2N3/c1-7-16-12(3)21-19(20-18(24)10-9-11-27-20)22-13(4)17(8-2)15(6)29(22)23(25,26)28(21)14(16)5/h9-11H,7-8H2,1-6H3. The lowest BCUT2D eigenvalue weighted by Crippen LogP contribution is -2.51. The van der Waals surface area contributed by atoms with E-state index in [1.165, 1.54) is 8.96 Å². The molecule has 2 aromatic heterocycles. The predicted molar refractivity (Wildman–Crippen MR) is 119 cm³/mol. The highest BCUT2D eigenvalue weighted by molar-refractivity contribution is 9.10. The Bertz CT molecular complexity index is 1160. The largest absolute Gasteiger partial charge is 0.737 e. The maximum Gasteiger partial charge on any atom is 0.737 e. The van der Waals surface area contributed by atoms with Crippen molar-refractivity contribution in [3.05, 3.63) is 67.9 Å². The van der Waals surface area contributed by atoms with Gasteiger partial charge in [-0.05, 0) is 78.5 Å². The lowest BCUT2D eigenvalue weighted by atomic mass is 9.85. The molecule has 0 saturated heterocycles. The van der Waals surface area contributed by atoms with Gasteiger partial charge in [0, 0.05) is 34.4 Å². The third-order valence-electron chi connectivity index (χ3n) is 6.49. The van der Waals surface area contributed by atoms with E-state index in [0.29, 0.717) is 41.3 Å². The molecule has 0 radical (unpaired) electrons. The third-order valence-corrected chi connectivity index (χ3v) is 7.13. The summed E-state index contributed by atoms with van der Waals surface area (Å²) in [6, 6.07) is 3.76. The van der Waals surface area contributed by atoms with Crippen molar-refractivity contribution < 1.29 is 13.1 Å². The fourth-order valence-electron chi connectivity index (χ4n) is 5.27. The summed E-state index contributed by atoms with van der Waals surface area (Å²) in [4.78, 5) is 4.61. The van der Waals surface area contributed by atoms with Gasteiger partial charge >= 0.3 is 6.97 Å². The van der Waals surface area contributed by atoms with Crippen LogP contribution in [0.15, 0.2) is 39.6 Å². The SMILES string of the molecule is CCC1=C(C)C2=C(c3ncccc3Br)c3c(C)c(CC)c(C)n3[B-](F)(F)[N+]2=C1C. The zero-order chi connectivity index (χ0) is 21.2. The quantitative estimate of drug-likeness (QED) is 0.513. The van der Waals surface area contributed by atoms with E-state index in [1.54, 1.807) is 6.20 Å². The van der Waals surface area contributed by atoms with Gasteiger partial charge in [0.2, 0.25) is 0 Å². The van der Waals surface area contributed by atoms with E-state index in [4.69, 9.17) is 0 Å². The van der Waals surface area contributed by atoms with Crippen LogP contribution >= 0.6 is 15.9 Å². The summed E-state index contributed by atoms with van der Waals surface area (Å²) in [6.07, 6.45) is 3.15. The second-order valence-electron chi connectivity index (χ2n) is 7.82. The predicted octanol–water partition coefficient (Wildman–Crippen LogP) is 6.03. The summed E-state index contributed by atoms with van der Waals surface area (Å²) in [5.74, 6) is 0. The molecule has 152 valence electrons. The van der Waals surface area contributed by atoms with Crippen molar-refractivity contribution in [3.63, 3.8) is 0 Å². The van der Waals surface area contributed by atoms with E-state index in [2.05, 4.69) is 20.9 Å². The van der Waals surface area contributed by atoms with Crippen molar-refractivity contribution in [1.82, 2.24) is 9.46 Å². The molecular weight excluding hydrogens is 435 g/mol. The summed E-state index contributed by atoms with van der Waals surface area (Å²) >= 11 is 3.61. The Balaban J connectivity index is 2.26. The van der Waals surface area contributed by atoms with E-state index in [9.17, 15) is 0 Å². The maximum absolute atomic E-state index is 16.1. The summed E-state index contributed by atoms with van der Waals surface area (Å²) in [7, 11) is 0. The molecule has 2 aliphatic heterocycles. The molecule has 29 heavy (non-hydrogen) atoms. The third kappa shape index (κ3) is 2.52. The van der Waals surface area contributed by atoms with E-state index >= 15 is 8.63 Å². The maximum atomic E-state index is 16.1. The fourth-order valence-corrected chi connectivity index (χ4v) is 5.73. The molecule has 0 fully saturated rings. The van der Waals surface area contributed by atoms with Crippen LogP contribution in [0.2, 0.25) is 0 Å². The van der Waals surface area contributed by atoms with Gasteiger partial charge in [-0.2, -0.15) is 0 Å². The first-order valence-corrected chi connectivity index (χ1v) is 10.9. The minimum Gasteiger partial charge on any atom is -0.393 e. The van der Waals surface area contributed by atoms with E-state index in [0.717, 1.165) is 32.3 Å². The molecule has 0 aromatic carbocycles. The number of fused-ring (bicyclic) bond motifs is 2. The van der Waals surface area contributed by atoms with Gasteiger partial charge in [0.15, 0.2) is 5.70 Å². The molecule has 0 aliphatic carbocycles. The van der Waals surface area contributed by atoms with Gasteiger partial charge in [-0.1, -0.05) is 13.8 Å². The molecule has 0 N–H and O–H groups in total. The van der Waals surface area contributed by atoms with E-state index in [1.807, 2.05) is 53.7 Å². The van der Waals surface area contributed by atoms with Crippen LogP contribution in [0.4, 0.5) is 8.63 Å². The monoisotopic (exact) mass is 459 g/mol. The minimum atomic E-state index is -4.00. The molecule has 7 heteroatoms. The van der Waals surface area contributed by atoms with Crippen LogP contribution in [0, 0.1) is 13.8 Å². The van der Waals surface area contributed by atoms with Gasteiger partial charge in [-0.25, -0.2) is 0 Å². The van der Waals surface area contributed by atoms with E-state index in [-0.39, 0.29) is 0 Å². The lowest BCUT2D eigenvalue weighted by Gasteiger charge is -2.33. The first kappa shape index (κ1) is 20.3. The van der Waals surface area contributed by atoms with Gasteiger partial charge in [-0.15, -0.1) is 0 Å². The molecule has 4 rings (SSSR count). The minimum absolute atomic E-state index is 0.597. The first-order valence-electron chi connectivity index (χ1n) is 10.1. The number of halogens is 3. The van der Waals surface area contributed by atoms with Crippen LogP contribution in [0.25, 0.3) is 5.57 Å². The van der Waals surface area contributed by atoms with Crippen LogP contribution in [0.5, 0.6) is 0 Å². The summed E-state index contributed by atoms with van der Waals surface area (Å²) in [6.45, 7) is 7.59. The molecule has 0 amide bonds. The van der Waals surface area contributed by atoms with Gasteiger partial charge in [-0.3, -0.25) is 4.98 Å². The number of aromatic nitrogens is 2. The van der Waals surface area contributed by atoms with Gasteiger partial charge in [0.05, 0.1) is 11.3 Å². The van der Waals surface area contributed by atoms with Gasteiger partial charge < -0.3 is 17.6 Å². The zero-order valence-corrected chi connectivity index (χ0v) is 19.3. The van der Waals surface area contributed by atoms with Crippen LogP contribution in [-0.2, 0) is 6.42 Å². The lowest BCUT2D eigenvalue weighted by molar-refractivity contribution is -0.363. The Kier molecular flexibility index (Phi) is 4.72. The highest BCUT2D eigenvalue weighted by Crippen LogP contribution is 2.47. The normalized spacial score (nSPS) is 18.0. The highest BCUT2D eigenvalue weighted by atomic mass is 79.9. The molecule has 0 unspecified atom stereocenters. The second-order valence-corrected chi connectivity index (χ2v) is 8.67. The molecule has 0 atom stereocenters. The molecular formula is C22H25BBrF2N3. The van der Waals surface area contributed by atoms with Crippen molar-refractivity contribution >= 4 is 34.2 Å². The van der Waals surface area contributed by atoms with Crippen LogP contribution in [0.3, 0.4) is 0 Å². The number of pyridine rings is 1. The average Bonchev–Trinajstić information content (AvgIpc) is 3.08. The van der Waals surface area contributed by atoms with Gasteiger partial charge in [0.1, 0.15) is 5.71 Å². The number of nitrogens with zero attached hydrogens (tertiary/aromatic N) is 3. The number of rotatable bonds is 3. The van der Waals surface area contributed by atoms with E-state index < -0.39 is 6.97 Å². The summed E-state index contributed by atoms with van der Waals surface area (Å²) < 4.78 is 35.6. The smallest absolute Gasteiger partial charge is 0.393 e. The Hall–Kier alpha value is -2.02. The molecule has 0 spiro atoms. The molecule has 3 nitrogen and oxygen atoms in total. The van der Waals surface area contributed by atoms with Crippen LogP contribution in [0.1, 0.15) is 62.3 Å². The Morgan fingerprint density at radius 2 is 1.83 bits per heavy atom. The number of hydrogen-bond donors (Lipinski definition) is 0.